The average molecular weight is 624 g/mol. The Morgan fingerprint density at radius 1 is 0.957 bits per heavy atom. The zero-order valence-electron chi connectivity index (χ0n) is 25.5. The maximum Gasteiger partial charge on any atom is 0.416 e. The van der Waals surface area contributed by atoms with Gasteiger partial charge in [0.2, 0.25) is 0 Å². The highest BCUT2D eigenvalue weighted by atomic mass is 19.4. The lowest BCUT2D eigenvalue weighted by Crippen LogP contribution is -2.49. The molecule has 4 aromatic carbocycles. The Bertz CT molecular complexity index is 1730. The number of urea groups is 1. The van der Waals surface area contributed by atoms with Gasteiger partial charge in [-0.2, -0.15) is 13.2 Å². The lowest BCUT2D eigenvalue weighted by atomic mass is 9.94. The second-order valence-corrected chi connectivity index (χ2v) is 11.7. The van der Waals surface area contributed by atoms with Crippen molar-refractivity contribution in [3.63, 3.8) is 0 Å². The molecule has 6 nitrogen and oxygen atoms in total. The molecule has 0 bridgehead atoms. The molecule has 236 valence electrons. The first-order valence-electron chi connectivity index (χ1n) is 15.4. The van der Waals surface area contributed by atoms with Crippen LogP contribution < -0.4 is 5.32 Å². The molecule has 1 aromatic heterocycles. The number of carbonyl (C=O) groups excluding carboxylic acids is 1. The smallest absolute Gasteiger partial charge is 0.347 e. The summed E-state index contributed by atoms with van der Waals surface area (Å²) in [5.74, 6) is 0.589. The number of H-pyrrole nitrogens is 1. The van der Waals surface area contributed by atoms with E-state index in [1.807, 2.05) is 65.6 Å². The van der Waals surface area contributed by atoms with Gasteiger partial charge in [0.05, 0.1) is 11.6 Å². The molecule has 1 aliphatic rings. The quantitative estimate of drug-likeness (QED) is 0.182. The molecule has 1 unspecified atom stereocenters. The van der Waals surface area contributed by atoms with Crippen LogP contribution in [0.5, 0.6) is 0 Å². The van der Waals surface area contributed by atoms with Gasteiger partial charge in [0, 0.05) is 43.8 Å². The third-order valence-electron chi connectivity index (χ3n) is 8.69. The molecule has 2 N–H and O–H groups in total. The number of aromatic nitrogens is 2. The van der Waals surface area contributed by atoms with Gasteiger partial charge in [-0.1, -0.05) is 84.9 Å². The van der Waals surface area contributed by atoms with Crippen molar-refractivity contribution >= 4 is 11.7 Å². The van der Waals surface area contributed by atoms with Crippen molar-refractivity contribution in [1.29, 1.82) is 0 Å². The van der Waals surface area contributed by atoms with Crippen LogP contribution in [0.15, 0.2) is 116 Å². The number of benzene rings is 4. The normalized spacial score (nSPS) is 15.0. The first-order chi connectivity index (χ1) is 22.3. The number of carbonyl (C=O) groups is 1. The molecule has 2 amide bonds. The number of alkyl halides is 3. The minimum absolute atomic E-state index is 0.0928. The number of likely N-dealkylation sites (tertiary alicyclic amines) is 1. The summed E-state index contributed by atoms with van der Waals surface area (Å²) in [5.41, 5.74) is 3.96. The molecule has 0 radical (unpaired) electrons. The molecule has 46 heavy (non-hydrogen) atoms. The summed E-state index contributed by atoms with van der Waals surface area (Å²) in [6.45, 7) is 3.02. The number of piperidine rings is 1. The summed E-state index contributed by atoms with van der Waals surface area (Å²) in [4.78, 5) is 25.6. The zero-order chi connectivity index (χ0) is 32.1. The molecule has 0 spiro atoms. The van der Waals surface area contributed by atoms with E-state index >= 15 is 0 Å². The second kappa shape index (κ2) is 13.6. The van der Waals surface area contributed by atoms with E-state index in [9.17, 15) is 18.0 Å². The Morgan fingerprint density at radius 2 is 1.63 bits per heavy atom. The largest absolute Gasteiger partial charge is 0.416 e. The Balaban J connectivity index is 1.27. The number of rotatable bonds is 8. The van der Waals surface area contributed by atoms with Crippen LogP contribution in [0.1, 0.15) is 47.0 Å². The molecule has 1 fully saturated rings. The van der Waals surface area contributed by atoms with Crippen molar-refractivity contribution in [2.45, 2.75) is 44.6 Å². The number of anilines is 1. The minimum Gasteiger partial charge on any atom is -0.347 e. The van der Waals surface area contributed by atoms with Crippen molar-refractivity contribution in [1.82, 2.24) is 19.8 Å². The number of para-hydroxylation sites is 1. The summed E-state index contributed by atoms with van der Waals surface area (Å²) in [6.07, 6.45) is 0.140. The van der Waals surface area contributed by atoms with E-state index in [1.165, 1.54) is 19.1 Å². The Labute approximate surface area is 266 Å². The number of nitrogens with zero attached hydrogens (tertiary/aromatic N) is 3. The van der Waals surface area contributed by atoms with Gasteiger partial charge in [-0.25, -0.2) is 9.78 Å². The maximum atomic E-state index is 13.9. The van der Waals surface area contributed by atoms with Gasteiger partial charge in [-0.3, -0.25) is 4.90 Å². The van der Waals surface area contributed by atoms with Crippen LogP contribution in [-0.2, 0) is 12.7 Å². The van der Waals surface area contributed by atoms with Crippen LogP contribution in [-0.4, -0.2) is 44.9 Å². The third kappa shape index (κ3) is 7.00. The summed E-state index contributed by atoms with van der Waals surface area (Å²) in [6, 6.07) is 31.4. The lowest BCUT2D eigenvalue weighted by Gasteiger charge is -2.41. The van der Waals surface area contributed by atoms with Gasteiger partial charge in [-0.15, -0.1) is 0 Å². The van der Waals surface area contributed by atoms with E-state index in [4.69, 9.17) is 0 Å². The lowest BCUT2D eigenvalue weighted by molar-refractivity contribution is -0.138. The molecule has 6 rings (SSSR count). The number of aryl methyl sites for hydroxylation is 1. The number of imidazole rings is 1. The number of hydrogen-bond donors (Lipinski definition) is 2. The summed E-state index contributed by atoms with van der Waals surface area (Å²) < 4.78 is 41.7. The molecule has 1 saturated heterocycles. The highest BCUT2D eigenvalue weighted by Crippen LogP contribution is 2.37. The number of nitrogens with one attached hydrogen (secondary N) is 2. The highest BCUT2D eigenvalue weighted by Gasteiger charge is 2.36. The van der Waals surface area contributed by atoms with Crippen LogP contribution in [0.2, 0.25) is 0 Å². The van der Waals surface area contributed by atoms with Crippen LogP contribution in [0.25, 0.3) is 11.1 Å². The predicted molar refractivity (Wildman–Crippen MR) is 174 cm³/mol. The van der Waals surface area contributed by atoms with Gasteiger partial charge >= 0.3 is 12.2 Å². The Kier molecular flexibility index (Phi) is 9.21. The van der Waals surface area contributed by atoms with Crippen LogP contribution in [0.3, 0.4) is 0 Å². The molecular weight excluding hydrogens is 587 g/mol. The van der Waals surface area contributed by atoms with Gasteiger partial charge in [0.1, 0.15) is 5.82 Å². The van der Waals surface area contributed by atoms with Gasteiger partial charge in [0.25, 0.3) is 0 Å². The Morgan fingerprint density at radius 3 is 2.30 bits per heavy atom. The van der Waals surface area contributed by atoms with E-state index in [1.54, 1.807) is 18.5 Å². The summed E-state index contributed by atoms with van der Waals surface area (Å²) in [5, 5.41) is 3.08. The first kappa shape index (κ1) is 31.1. The van der Waals surface area contributed by atoms with E-state index in [0.717, 1.165) is 16.7 Å². The number of amides is 2. The number of halogens is 3. The van der Waals surface area contributed by atoms with Crippen molar-refractivity contribution < 1.29 is 18.0 Å². The standard InChI is InChI=1S/C37H36F3N5O/c1-26-16-17-28(24-33(26)37(38,39)40)34(35-41-20-21-42-35)44-22-18-31(19-23-44)45(36(46)43-30-13-6-3-7-14-30)25-29-12-8-9-15-32(29)27-10-4-2-5-11-27/h2-17,20-21,24,31,34H,18-19,22-23,25H2,1H3,(H,41,42)(H,43,46). The molecule has 1 aliphatic heterocycles. The molecule has 5 aromatic rings. The first-order valence-corrected chi connectivity index (χ1v) is 15.4. The summed E-state index contributed by atoms with van der Waals surface area (Å²) in [7, 11) is 0. The van der Waals surface area contributed by atoms with Crippen molar-refractivity contribution in [2.75, 3.05) is 18.4 Å². The average Bonchev–Trinajstić information content (AvgIpc) is 3.60. The molecule has 9 heteroatoms. The molecular formula is C37H36F3N5O. The zero-order valence-corrected chi connectivity index (χ0v) is 25.5. The Hall–Kier alpha value is -4.89. The molecule has 0 aliphatic carbocycles. The van der Waals surface area contributed by atoms with Crippen LogP contribution >= 0.6 is 0 Å². The SMILES string of the molecule is Cc1ccc(C(c2ncc[nH]2)N2CCC(N(Cc3ccccc3-c3ccccc3)C(=O)Nc3ccccc3)CC2)cc1C(F)(F)F. The van der Waals surface area contributed by atoms with E-state index < -0.39 is 17.8 Å². The van der Waals surface area contributed by atoms with E-state index in [0.29, 0.717) is 49.6 Å². The maximum absolute atomic E-state index is 13.9. The fraction of sp³-hybridized carbons (Fsp3) is 0.243. The van der Waals surface area contributed by atoms with Crippen LogP contribution in [0.4, 0.5) is 23.7 Å². The fourth-order valence-electron chi connectivity index (χ4n) is 6.36. The monoisotopic (exact) mass is 623 g/mol. The van der Waals surface area contributed by atoms with Gasteiger partial charge in [0.15, 0.2) is 0 Å². The van der Waals surface area contributed by atoms with Gasteiger partial charge in [-0.05, 0) is 65.8 Å². The predicted octanol–water partition coefficient (Wildman–Crippen LogP) is 8.69. The minimum atomic E-state index is -4.45. The van der Waals surface area contributed by atoms with Crippen molar-refractivity contribution in [3.8, 4) is 11.1 Å². The second-order valence-electron chi connectivity index (χ2n) is 11.7. The molecule has 2 heterocycles. The topological polar surface area (TPSA) is 64.3 Å². The van der Waals surface area contributed by atoms with Gasteiger partial charge < -0.3 is 15.2 Å². The highest BCUT2D eigenvalue weighted by molar-refractivity contribution is 5.89. The van der Waals surface area contributed by atoms with E-state index in [-0.39, 0.29) is 17.6 Å². The third-order valence-corrected chi connectivity index (χ3v) is 8.69. The molecule has 1 atom stereocenters. The van der Waals surface area contributed by atoms with Crippen molar-refractivity contribution in [2.24, 2.45) is 0 Å². The van der Waals surface area contributed by atoms with Crippen LogP contribution in [0, 0.1) is 6.92 Å². The number of hydrogen-bond acceptors (Lipinski definition) is 3. The summed E-state index contributed by atoms with van der Waals surface area (Å²) >= 11 is 0. The fourth-order valence-corrected chi connectivity index (χ4v) is 6.36. The van der Waals surface area contributed by atoms with Crippen molar-refractivity contribution in [3.05, 3.63) is 144 Å². The molecule has 0 saturated carbocycles. The number of aromatic amines is 1. The van der Waals surface area contributed by atoms with E-state index in [2.05, 4.69) is 44.5 Å².